The summed E-state index contributed by atoms with van der Waals surface area (Å²) < 4.78 is 0. The lowest BCUT2D eigenvalue weighted by molar-refractivity contribution is 0.0724. The van der Waals surface area contributed by atoms with Crippen LogP contribution in [0, 0.1) is 13.8 Å². The van der Waals surface area contributed by atoms with Crippen LogP contribution in [0.4, 0.5) is 16.2 Å². The average molecular weight is 341 g/mol. The Morgan fingerprint density at radius 2 is 1.88 bits per heavy atom. The highest BCUT2D eigenvalue weighted by Gasteiger charge is 2.18. The number of urea groups is 1. The molecule has 0 saturated carbocycles. The number of aromatic nitrogens is 2. The van der Waals surface area contributed by atoms with Crippen molar-refractivity contribution in [3.05, 3.63) is 41.2 Å². The molecule has 1 aromatic heterocycles. The van der Waals surface area contributed by atoms with Crippen LogP contribution in [0.25, 0.3) is 0 Å². The molecule has 3 rings (SSSR count). The Balaban J connectivity index is 1.67. The molecule has 0 bridgehead atoms. The zero-order valence-corrected chi connectivity index (χ0v) is 14.6. The first-order valence-corrected chi connectivity index (χ1v) is 8.53. The van der Waals surface area contributed by atoms with E-state index in [2.05, 4.69) is 20.8 Å². The van der Waals surface area contributed by atoms with Crippen molar-refractivity contribution in [3.8, 4) is 0 Å². The summed E-state index contributed by atoms with van der Waals surface area (Å²) in [5.74, 6) is 0.0188. The number of aromatic amines is 1. The summed E-state index contributed by atoms with van der Waals surface area (Å²) in [6.07, 6.45) is 3.28. The van der Waals surface area contributed by atoms with Gasteiger partial charge in [-0.3, -0.25) is 9.89 Å². The maximum absolute atomic E-state index is 12.6. The van der Waals surface area contributed by atoms with Gasteiger partial charge < -0.3 is 15.5 Å². The second-order valence-corrected chi connectivity index (χ2v) is 6.32. The summed E-state index contributed by atoms with van der Waals surface area (Å²) in [5, 5.41) is 12.4. The molecule has 1 aromatic carbocycles. The molecule has 0 unspecified atom stereocenters. The molecule has 0 radical (unpaired) electrons. The van der Waals surface area contributed by atoms with Crippen LogP contribution in [0.3, 0.4) is 0 Å². The van der Waals surface area contributed by atoms with Gasteiger partial charge in [-0.1, -0.05) is 6.07 Å². The van der Waals surface area contributed by atoms with E-state index < -0.39 is 0 Å². The predicted octanol–water partition coefficient (Wildman–Crippen LogP) is 3.30. The van der Waals surface area contributed by atoms with Gasteiger partial charge >= 0.3 is 6.03 Å². The first-order chi connectivity index (χ1) is 12.0. The van der Waals surface area contributed by atoms with Crippen molar-refractivity contribution in [1.29, 1.82) is 0 Å². The van der Waals surface area contributed by atoms with E-state index in [0.717, 1.165) is 37.3 Å². The Morgan fingerprint density at radius 3 is 2.56 bits per heavy atom. The van der Waals surface area contributed by atoms with Gasteiger partial charge in [0.15, 0.2) is 0 Å². The number of carbonyl (C=O) groups excluding carboxylic acids is 2. The van der Waals surface area contributed by atoms with E-state index in [1.165, 1.54) is 6.42 Å². The molecule has 2 heterocycles. The van der Waals surface area contributed by atoms with Gasteiger partial charge in [0.05, 0.1) is 17.1 Å². The van der Waals surface area contributed by atoms with E-state index in [1.54, 1.807) is 24.3 Å². The van der Waals surface area contributed by atoms with E-state index in [4.69, 9.17) is 0 Å². The third-order valence-electron chi connectivity index (χ3n) is 4.38. The number of hydrogen-bond acceptors (Lipinski definition) is 3. The first-order valence-electron chi connectivity index (χ1n) is 8.53. The maximum atomic E-state index is 12.6. The lowest BCUT2D eigenvalue weighted by Crippen LogP contribution is -2.35. The highest BCUT2D eigenvalue weighted by Crippen LogP contribution is 2.18. The predicted molar refractivity (Wildman–Crippen MR) is 96.9 cm³/mol. The third-order valence-corrected chi connectivity index (χ3v) is 4.38. The monoisotopic (exact) mass is 341 g/mol. The quantitative estimate of drug-likeness (QED) is 0.800. The Hall–Kier alpha value is -2.83. The molecule has 0 aliphatic carbocycles. The molecule has 1 aliphatic rings. The molecule has 1 aliphatic heterocycles. The summed E-state index contributed by atoms with van der Waals surface area (Å²) in [6.45, 7) is 5.26. The van der Waals surface area contributed by atoms with Crippen LogP contribution < -0.4 is 10.6 Å². The summed E-state index contributed by atoms with van der Waals surface area (Å²) in [7, 11) is 0. The van der Waals surface area contributed by atoms with Crippen LogP contribution in [-0.2, 0) is 0 Å². The third kappa shape index (κ3) is 3.99. The number of nitrogens with zero attached hydrogens (tertiary/aromatic N) is 2. The average Bonchev–Trinajstić information content (AvgIpc) is 2.94. The lowest BCUT2D eigenvalue weighted by Gasteiger charge is -2.26. The standard InChI is InChI=1S/C18H23N5O2/c1-12-16(13(2)22-21-12)20-18(25)19-15-8-6-7-14(11-15)17(24)23-9-4-3-5-10-23/h6-8,11H,3-5,9-10H2,1-2H3,(H,21,22)(H2,19,20,25). The highest BCUT2D eigenvalue weighted by atomic mass is 16.2. The number of carbonyl (C=O) groups is 2. The van der Waals surface area contributed by atoms with Crippen LogP contribution in [0.1, 0.15) is 41.0 Å². The summed E-state index contributed by atoms with van der Waals surface area (Å²) >= 11 is 0. The van der Waals surface area contributed by atoms with E-state index in [9.17, 15) is 9.59 Å². The van der Waals surface area contributed by atoms with Crippen molar-refractivity contribution in [2.75, 3.05) is 23.7 Å². The second-order valence-electron chi connectivity index (χ2n) is 6.32. The largest absolute Gasteiger partial charge is 0.339 e. The number of benzene rings is 1. The number of piperidine rings is 1. The molecule has 1 fully saturated rings. The van der Waals surface area contributed by atoms with Crippen molar-refractivity contribution in [2.45, 2.75) is 33.1 Å². The number of anilines is 2. The van der Waals surface area contributed by atoms with Gasteiger partial charge in [0.2, 0.25) is 0 Å². The minimum atomic E-state index is -0.366. The fourth-order valence-electron chi connectivity index (χ4n) is 3.02. The summed E-state index contributed by atoms with van der Waals surface area (Å²) in [4.78, 5) is 26.7. The van der Waals surface area contributed by atoms with Crippen molar-refractivity contribution < 1.29 is 9.59 Å². The van der Waals surface area contributed by atoms with Gasteiger partial charge in [0.1, 0.15) is 0 Å². The van der Waals surface area contributed by atoms with E-state index in [-0.39, 0.29) is 11.9 Å². The second kappa shape index (κ2) is 7.38. The first kappa shape index (κ1) is 17.0. The summed E-state index contributed by atoms with van der Waals surface area (Å²) in [6, 6.07) is 6.67. The van der Waals surface area contributed by atoms with Crippen LogP contribution in [0.15, 0.2) is 24.3 Å². The minimum Gasteiger partial charge on any atom is -0.339 e. The van der Waals surface area contributed by atoms with Crippen LogP contribution in [-0.4, -0.2) is 40.1 Å². The molecule has 25 heavy (non-hydrogen) atoms. The lowest BCUT2D eigenvalue weighted by atomic mass is 10.1. The van der Waals surface area contributed by atoms with Crippen molar-refractivity contribution in [1.82, 2.24) is 15.1 Å². The zero-order valence-electron chi connectivity index (χ0n) is 14.6. The van der Waals surface area contributed by atoms with Crippen molar-refractivity contribution >= 4 is 23.3 Å². The molecule has 2 aromatic rings. The van der Waals surface area contributed by atoms with E-state index in [1.807, 2.05) is 18.7 Å². The minimum absolute atomic E-state index is 0.0188. The SMILES string of the molecule is Cc1n[nH]c(C)c1NC(=O)Nc1cccc(C(=O)N2CCCCC2)c1. The molecule has 3 N–H and O–H groups in total. The molecule has 132 valence electrons. The Labute approximate surface area is 146 Å². The van der Waals surface area contributed by atoms with Gasteiger partial charge in [-0.15, -0.1) is 0 Å². The molecular weight excluding hydrogens is 318 g/mol. The smallest absolute Gasteiger partial charge is 0.323 e. The molecule has 7 heteroatoms. The van der Waals surface area contributed by atoms with Gasteiger partial charge in [-0.25, -0.2) is 4.79 Å². The number of rotatable bonds is 3. The number of aryl methyl sites for hydroxylation is 2. The topological polar surface area (TPSA) is 90.1 Å². The van der Waals surface area contributed by atoms with Crippen LogP contribution in [0.5, 0.6) is 0 Å². The van der Waals surface area contributed by atoms with Gasteiger partial charge in [0.25, 0.3) is 5.91 Å². The van der Waals surface area contributed by atoms with E-state index in [0.29, 0.717) is 16.9 Å². The zero-order chi connectivity index (χ0) is 17.8. The van der Waals surface area contributed by atoms with Gasteiger partial charge in [-0.05, 0) is 51.3 Å². The van der Waals surface area contributed by atoms with Gasteiger partial charge in [-0.2, -0.15) is 5.10 Å². The number of H-pyrrole nitrogens is 1. The van der Waals surface area contributed by atoms with Crippen molar-refractivity contribution in [2.24, 2.45) is 0 Å². The molecular formula is C18H23N5O2. The highest BCUT2D eigenvalue weighted by molar-refractivity contribution is 6.02. The Bertz CT molecular complexity index is 758. The number of nitrogens with one attached hydrogen (secondary N) is 3. The molecule has 0 spiro atoms. The van der Waals surface area contributed by atoms with Crippen LogP contribution in [0.2, 0.25) is 0 Å². The summed E-state index contributed by atoms with van der Waals surface area (Å²) in [5.41, 5.74) is 3.36. The Kier molecular flexibility index (Phi) is 5.02. The van der Waals surface area contributed by atoms with Crippen LogP contribution >= 0.6 is 0 Å². The molecule has 3 amide bonds. The fourth-order valence-corrected chi connectivity index (χ4v) is 3.02. The number of amides is 3. The Morgan fingerprint density at radius 1 is 1.12 bits per heavy atom. The fraction of sp³-hybridized carbons (Fsp3) is 0.389. The molecule has 1 saturated heterocycles. The van der Waals surface area contributed by atoms with E-state index >= 15 is 0 Å². The number of likely N-dealkylation sites (tertiary alicyclic amines) is 1. The van der Waals surface area contributed by atoms with Gasteiger partial charge in [0, 0.05) is 24.3 Å². The normalized spacial score (nSPS) is 14.2. The molecule has 7 nitrogen and oxygen atoms in total. The number of hydrogen-bond donors (Lipinski definition) is 3. The molecule has 0 atom stereocenters. The van der Waals surface area contributed by atoms with Crippen molar-refractivity contribution in [3.63, 3.8) is 0 Å². The maximum Gasteiger partial charge on any atom is 0.323 e.